The van der Waals surface area contributed by atoms with Crippen molar-refractivity contribution in [2.75, 3.05) is 5.32 Å². The van der Waals surface area contributed by atoms with Gasteiger partial charge in [-0.2, -0.15) is 0 Å². The molecule has 2 aromatic rings. The molecule has 0 radical (unpaired) electrons. The summed E-state index contributed by atoms with van der Waals surface area (Å²) >= 11 is 0.848. The molecule has 1 aromatic heterocycles. The van der Waals surface area contributed by atoms with Crippen LogP contribution < -0.4 is 10.5 Å². The molecule has 0 saturated heterocycles. The Labute approximate surface area is 124 Å². The number of carbonyl (C=O) groups excluding carboxylic acids is 1. The second kappa shape index (κ2) is 5.64. The molecule has 2 rings (SSSR count). The average molecular weight is 326 g/mol. The Morgan fingerprint density at radius 2 is 1.62 bits per heavy atom. The van der Waals surface area contributed by atoms with E-state index in [0.717, 1.165) is 11.3 Å². The third kappa shape index (κ3) is 3.66. The molecule has 1 aromatic carbocycles. The molecule has 0 saturated carbocycles. The quantitative estimate of drug-likeness (QED) is 0.781. The number of hydrogen-bond acceptors (Lipinski definition) is 5. The van der Waals surface area contributed by atoms with E-state index >= 15 is 0 Å². The van der Waals surface area contributed by atoms with Crippen LogP contribution >= 0.6 is 11.3 Å². The van der Waals surface area contributed by atoms with E-state index in [4.69, 9.17) is 10.2 Å². The minimum atomic E-state index is -3.78. The molecule has 7 nitrogen and oxygen atoms in total. The van der Waals surface area contributed by atoms with Crippen LogP contribution in [0.3, 0.4) is 0 Å². The summed E-state index contributed by atoms with van der Waals surface area (Å²) in [6.07, 6.45) is 0. The summed E-state index contributed by atoms with van der Waals surface area (Å²) in [7, 11) is -3.78. The molecule has 0 fully saturated rings. The molecule has 0 aliphatic carbocycles. The number of aromatic carboxylic acids is 1. The first-order chi connectivity index (χ1) is 9.77. The van der Waals surface area contributed by atoms with Crippen molar-refractivity contribution in [2.24, 2.45) is 5.14 Å². The number of carboxylic acids is 1. The number of sulfonamides is 1. The smallest absolute Gasteiger partial charge is 0.345 e. The van der Waals surface area contributed by atoms with Crippen LogP contribution in [0, 0.1) is 0 Å². The van der Waals surface area contributed by atoms with Gasteiger partial charge < -0.3 is 10.4 Å². The van der Waals surface area contributed by atoms with Gasteiger partial charge in [-0.3, -0.25) is 4.79 Å². The van der Waals surface area contributed by atoms with E-state index in [1.165, 1.54) is 36.4 Å². The third-order valence-electron chi connectivity index (χ3n) is 2.48. The van der Waals surface area contributed by atoms with E-state index in [2.05, 4.69) is 5.32 Å². The number of hydrogen-bond donors (Lipinski definition) is 3. The monoisotopic (exact) mass is 326 g/mol. The van der Waals surface area contributed by atoms with E-state index in [9.17, 15) is 18.0 Å². The third-order valence-corrected chi connectivity index (χ3v) is 4.48. The minimum Gasteiger partial charge on any atom is -0.477 e. The number of amides is 1. The summed E-state index contributed by atoms with van der Waals surface area (Å²) in [4.78, 5) is 22.9. The fourth-order valence-electron chi connectivity index (χ4n) is 1.50. The van der Waals surface area contributed by atoms with Crippen molar-refractivity contribution in [3.8, 4) is 0 Å². The van der Waals surface area contributed by atoms with Crippen molar-refractivity contribution in [3.05, 3.63) is 46.2 Å². The van der Waals surface area contributed by atoms with Gasteiger partial charge >= 0.3 is 5.97 Å². The van der Waals surface area contributed by atoms with Crippen LogP contribution in [-0.2, 0) is 10.0 Å². The first-order valence-electron chi connectivity index (χ1n) is 5.55. The van der Waals surface area contributed by atoms with Gasteiger partial charge in [0.15, 0.2) is 0 Å². The van der Waals surface area contributed by atoms with Gasteiger partial charge in [-0.1, -0.05) is 0 Å². The maximum Gasteiger partial charge on any atom is 0.345 e. The lowest BCUT2D eigenvalue weighted by molar-refractivity contribution is 0.0702. The second-order valence-electron chi connectivity index (χ2n) is 3.99. The lowest BCUT2D eigenvalue weighted by Gasteiger charge is -2.04. The van der Waals surface area contributed by atoms with Gasteiger partial charge in [-0.15, -0.1) is 11.3 Å². The molecule has 9 heteroatoms. The maximum absolute atomic E-state index is 11.9. The average Bonchev–Trinajstić information content (AvgIpc) is 2.88. The number of carbonyl (C=O) groups is 2. The maximum atomic E-state index is 11.9. The molecule has 110 valence electrons. The van der Waals surface area contributed by atoms with Gasteiger partial charge in [-0.05, 0) is 36.4 Å². The van der Waals surface area contributed by atoms with Crippen molar-refractivity contribution < 1.29 is 23.1 Å². The van der Waals surface area contributed by atoms with Crippen molar-refractivity contribution in [3.63, 3.8) is 0 Å². The lowest BCUT2D eigenvalue weighted by Crippen LogP contribution is -2.13. The lowest BCUT2D eigenvalue weighted by atomic mass is 10.3. The number of benzene rings is 1. The summed E-state index contributed by atoms with van der Waals surface area (Å²) in [5.41, 5.74) is 0.373. The summed E-state index contributed by atoms with van der Waals surface area (Å²) in [5.74, 6) is -1.58. The van der Waals surface area contributed by atoms with E-state index < -0.39 is 21.9 Å². The zero-order chi connectivity index (χ0) is 15.6. The van der Waals surface area contributed by atoms with Crippen molar-refractivity contribution in [1.82, 2.24) is 0 Å². The summed E-state index contributed by atoms with van der Waals surface area (Å²) in [5, 5.41) is 16.3. The Balaban J connectivity index is 2.14. The zero-order valence-electron chi connectivity index (χ0n) is 10.4. The van der Waals surface area contributed by atoms with E-state index in [1.807, 2.05) is 0 Å². The van der Waals surface area contributed by atoms with Gasteiger partial charge in [0.05, 0.1) is 9.77 Å². The van der Waals surface area contributed by atoms with Gasteiger partial charge in [-0.25, -0.2) is 18.4 Å². The molecule has 0 aliphatic rings. The molecule has 0 unspecified atom stereocenters. The molecule has 1 heterocycles. The van der Waals surface area contributed by atoms with Crippen LogP contribution in [0.5, 0.6) is 0 Å². The Morgan fingerprint density at radius 3 is 2.10 bits per heavy atom. The highest BCUT2D eigenvalue weighted by molar-refractivity contribution is 7.89. The van der Waals surface area contributed by atoms with Gasteiger partial charge in [0, 0.05) is 5.69 Å². The number of rotatable bonds is 4. The highest BCUT2D eigenvalue weighted by Crippen LogP contribution is 2.19. The van der Waals surface area contributed by atoms with Gasteiger partial charge in [0.2, 0.25) is 10.0 Å². The van der Waals surface area contributed by atoms with Crippen LogP contribution in [0.15, 0.2) is 41.3 Å². The number of primary sulfonamides is 1. The molecule has 0 spiro atoms. The molecule has 4 N–H and O–H groups in total. The molecule has 0 bridgehead atoms. The molecular formula is C12H10N2O5S2. The molecule has 0 aliphatic heterocycles. The standard InChI is InChI=1S/C12H10N2O5S2/c13-21(18,19)8-3-1-7(2-4-8)14-11(15)9-5-6-10(20-9)12(16)17/h1-6H,(H,14,15)(H,16,17)(H2,13,18,19). The minimum absolute atomic E-state index is 0.0599. The Hall–Kier alpha value is -2.23. The predicted molar refractivity (Wildman–Crippen MR) is 77.0 cm³/mol. The second-order valence-corrected chi connectivity index (χ2v) is 6.64. The van der Waals surface area contributed by atoms with E-state index in [1.54, 1.807) is 0 Å². The normalized spacial score (nSPS) is 11.1. The summed E-state index contributed by atoms with van der Waals surface area (Å²) in [6, 6.07) is 8.06. The summed E-state index contributed by atoms with van der Waals surface area (Å²) < 4.78 is 22.2. The predicted octanol–water partition coefficient (Wildman–Crippen LogP) is 1.35. The van der Waals surface area contributed by atoms with Crippen molar-refractivity contribution >= 4 is 38.9 Å². The fourth-order valence-corrected chi connectivity index (χ4v) is 2.75. The van der Waals surface area contributed by atoms with Crippen molar-refractivity contribution in [1.29, 1.82) is 0 Å². The number of thiophene rings is 1. The molecule has 0 atom stereocenters. The van der Waals surface area contributed by atoms with E-state index in [0.29, 0.717) is 5.69 Å². The van der Waals surface area contributed by atoms with Gasteiger partial charge in [0.1, 0.15) is 4.88 Å². The van der Waals surface area contributed by atoms with Crippen LogP contribution in [-0.4, -0.2) is 25.4 Å². The molecule has 21 heavy (non-hydrogen) atoms. The fraction of sp³-hybridized carbons (Fsp3) is 0. The highest BCUT2D eigenvalue weighted by atomic mass is 32.2. The Kier molecular flexibility index (Phi) is 4.07. The topological polar surface area (TPSA) is 127 Å². The zero-order valence-corrected chi connectivity index (χ0v) is 12.1. The molecular weight excluding hydrogens is 316 g/mol. The first-order valence-corrected chi connectivity index (χ1v) is 7.91. The van der Waals surface area contributed by atoms with Crippen LogP contribution in [0.2, 0.25) is 0 Å². The Morgan fingerprint density at radius 1 is 1.05 bits per heavy atom. The SMILES string of the molecule is NS(=O)(=O)c1ccc(NC(=O)c2ccc(C(=O)O)s2)cc1. The number of carboxylic acid groups (broad SMARTS) is 1. The van der Waals surface area contributed by atoms with Crippen LogP contribution in [0.25, 0.3) is 0 Å². The van der Waals surface area contributed by atoms with Crippen LogP contribution in [0.1, 0.15) is 19.3 Å². The van der Waals surface area contributed by atoms with Crippen molar-refractivity contribution in [2.45, 2.75) is 4.90 Å². The number of anilines is 1. The largest absolute Gasteiger partial charge is 0.477 e. The molecule has 1 amide bonds. The number of nitrogens with two attached hydrogens (primary N) is 1. The van der Waals surface area contributed by atoms with E-state index in [-0.39, 0.29) is 14.6 Å². The van der Waals surface area contributed by atoms with Gasteiger partial charge in [0.25, 0.3) is 5.91 Å². The highest BCUT2D eigenvalue weighted by Gasteiger charge is 2.13. The summed E-state index contributed by atoms with van der Waals surface area (Å²) in [6.45, 7) is 0. The Bertz CT molecular complexity index is 793. The van der Waals surface area contributed by atoms with Crippen LogP contribution in [0.4, 0.5) is 5.69 Å². The number of nitrogens with one attached hydrogen (secondary N) is 1. The first kappa shape index (κ1) is 15.2.